The molecule has 0 aromatic heterocycles. The van der Waals surface area contributed by atoms with Gasteiger partial charge in [-0.3, -0.25) is 0 Å². The van der Waals surface area contributed by atoms with Crippen LogP contribution >= 0.6 is 0 Å². The molecular formula is C14H11NO2. The van der Waals surface area contributed by atoms with Crippen molar-refractivity contribution in [1.82, 2.24) is 0 Å². The summed E-state index contributed by atoms with van der Waals surface area (Å²) in [7, 11) is 1.39. The summed E-state index contributed by atoms with van der Waals surface area (Å²) < 4.78 is 4.72. The van der Waals surface area contributed by atoms with E-state index in [2.05, 4.69) is 23.2 Å². The summed E-state index contributed by atoms with van der Waals surface area (Å²) in [5.74, 6) is -0.314. The third-order valence-electron chi connectivity index (χ3n) is 2.96. The number of esters is 1. The fourth-order valence-corrected chi connectivity index (χ4v) is 2.12. The molecule has 17 heavy (non-hydrogen) atoms. The highest BCUT2D eigenvalue weighted by molar-refractivity contribution is 5.90. The summed E-state index contributed by atoms with van der Waals surface area (Å²) in [6, 6.07) is 5.45. The van der Waals surface area contributed by atoms with Gasteiger partial charge < -0.3 is 4.74 Å². The van der Waals surface area contributed by atoms with Crippen molar-refractivity contribution >= 4 is 11.5 Å². The topological polar surface area (TPSA) is 38.7 Å². The van der Waals surface area contributed by atoms with Crippen LogP contribution in [0.15, 0.2) is 47.1 Å². The Balaban J connectivity index is 2.27. The molecule has 0 N–H and O–H groups in total. The van der Waals surface area contributed by atoms with Gasteiger partial charge in [0.15, 0.2) is 0 Å². The van der Waals surface area contributed by atoms with Crippen LogP contribution in [0.3, 0.4) is 0 Å². The lowest BCUT2D eigenvalue weighted by Crippen LogP contribution is -2.24. The maximum absolute atomic E-state index is 11.5. The van der Waals surface area contributed by atoms with Crippen LogP contribution in [-0.4, -0.2) is 13.1 Å². The minimum Gasteiger partial charge on any atom is -0.465 e. The lowest BCUT2D eigenvalue weighted by Gasteiger charge is -2.02. The molecule has 0 amide bonds. The van der Waals surface area contributed by atoms with E-state index in [0.29, 0.717) is 5.56 Å². The highest BCUT2D eigenvalue weighted by Gasteiger charge is 2.14. The standard InChI is InChI=1S/C14H11NO2/c1-17-14(16)9-6-7-13-11(8-9)10-4-2-3-5-12(10)15-13/h2,4-8H,3H2,1H3. The molecule has 0 saturated carbocycles. The number of carbonyl (C=O) groups is 1. The maximum Gasteiger partial charge on any atom is 0.337 e. The van der Waals surface area contributed by atoms with Gasteiger partial charge in [0.05, 0.1) is 23.7 Å². The number of ether oxygens (including phenoxy) is 1. The molecule has 0 radical (unpaired) electrons. The SMILES string of the molecule is COC(=O)c1ccc2c(c1)=C1C=CCC=C1N=2. The van der Waals surface area contributed by atoms with Crippen molar-refractivity contribution in [3.05, 3.63) is 58.3 Å². The predicted molar refractivity (Wildman–Crippen MR) is 63.8 cm³/mol. The molecule has 0 saturated heterocycles. The summed E-state index contributed by atoms with van der Waals surface area (Å²) in [5.41, 5.74) is 2.66. The molecule has 0 atom stereocenters. The first-order chi connectivity index (χ1) is 8.29. The predicted octanol–water partition coefficient (Wildman–Crippen LogP) is 1.10. The van der Waals surface area contributed by atoms with Gasteiger partial charge in [-0.1, -0.05) is 18.2 Å². The number of hydrogen-bond donors (Lipinski definition) is 0. The van der Waals surface area contributed by atoms with Crippen LogP contribution in [-0.2, 0) is 4.74 Å². The van der Waals surface area contributed by atoms with Crippen molar-refractivity contribution in [2.75, 3.05) is 7.11 Å². The second-order valence-electron chi connectivity index (χ2n) is 3.98. The molecule has 0 fully saturated rings. The van der Waals surface area contributed by atoms with E-state index in [-0.39, 0.29) is 5.97 Å². The van der Waals surface area contributed by atoms with E-state index in [1.807, 2.05) is 12.1 Å². The first kappa shape index (κ1) is 10.0. The van der Waals surface area contributed by atoms with Gasteiger partial charge in [0, 0.05) is 10.8 Å². The molecule has 1 aliphatic carbocycles. The van der Waals surface area contributed by atoms with E-state index in [9.17, 15) is 4.79 Å². The molecule has 2 aliphatic rings. The van der Waals surface area contributed by atoms with E-state index >= 15 is 0 Å². The number of fused-ring (bicyclic) bond motifs is 2. The van der Waals surface area contributed by atoms with E-state index in [1.54, 1.807) is 6.07 Å². The molecule has 84 valence electrons. The van der Waals surface area contributed by atoms with Crippen LogP contribution in [0.1, 0.15) is 16.8 Å². The smallest absolute Gasteiger partial charge is 0.337 e. The molecule has 1 heterocycles. The van der Waals surface area contributed by atoms with Crippen molar-refractivity contribution in [3.63, 3.8) is 0 Å². The van der Waals surface area contributed by atoms with Crippen LogP contribution in [0.4, 0.5) is 0 Å². The lowest BCUT2D eigenvalue weighted by molar-refractivity contribution is 0.0600. The van der Waals surface area contributed by atoms with Gasteiger partial charge in [0.25, 0.3) is 0 Å². The Morgan fingerprint density at radius 1 is 1.41 bits per heavy atom. The zero-order valence-corrected chi connectivity index (χ0v) is 9.43. The summed E-state index contributed by atoms with van der Waals surface area (Å²) >= 11 is 0. The highest BCUT2D eigenvalue weighted by Crippen LogP contribution is 2.20. The van der Waals surface area contributed by atoms with Crippen molar-refractivity contribution in [2.45, 2.75) is 6.42 Å². The van der Waals surface area contributed by atoms with Crippen LogP contribution in [0.2, 0.25) is 0 Å². The van der Waals surface area contributed by atoms with Crippen molar-refractivity contribution in [2.24, 2.45) is 4.99 Å². The Bertz CT molecular complexity index is 681. The fraction of sp³-hybridized carbons (Fsp3) is 0.143. The molecule has 3 heteroatoms. The van der Waals surface area contributed by atoms with Crippen LogP contribution in [0.25, 0.3) is 5.57 Å². The van der Waals surface area contributed by atoms with Gasteiger partial charge in [0.2, 0.25) is 0 Å². The Hall–Kier alpha value is -2.16. The molecule has 0 bridgehead atoms. The zero-order chi connectivity index (χ0) is 11.8. The number of allylic oxidation sites excluding steroid dienone is 3. The Morgan fingerprint density at radius 2 is 2.29 bits per heavy atom. The number of hydrogen-bond acceptors (Lipinski definition) is 3. The highest BCUT2D eigenvalue weighted by atomic mass is 16.5. The first-order valence-electron chi connectivity index (χ1n) is 5.48. The van der Waals surface area contributed by atoms with Gasteiger partial charge in [0.1, 0.15) is 0 Å². The fourth-order valence-electron chi connectivity index (χ4n) is 2.12. The zero-order valence-electron chi connectivity index (χ0n) is 9.43. The largest absolute Gasteiger partial charge is 0.465 e. The number of benzene rings is 1. The average molecular weight is 225 g/mol. The van der Waals surface area contributed by atoms with E-state index < -0.39 is 0 Å². The Morgan fingerprint density at radius 3 is 3.12 bits per heavy atom. The van der Waals surface area contributed by atoms with Gasteiger partial charge in [-0.05, 0) is 24.6 Å². The third-order valence-corrected chi connectivity index (χ3v) is 2.96. The summed E-state index contributed by atoms with van der Waals surface area (Å²) in [6.45, 7) is 0. The quantitative estimate of drug-likeness (QED) is 0.671. The maximum atomic E-state index is 11.5. The monoisotopic (exact) mass is 225 g/mol. The van der Waals surface area contributed by atoms with Gasteiger partial charge >= 0.3 is 5.97 Å². The minimum atomic E-state index is -0.314. The van der Waals surface area contributed by atoms with Crippen LogP contribution in [0, 0.1) is 0 Å². The minimum absolute atomic E-state index is 0.314. The molecule has 3 nitrogen and oxygen atoms in total. The summed E-state index contributed by atoms with van der Waals surface area (Å²) in [4.78, 5) is 16.0. The van der Waals surface area contributed by atoms with E-state index in [4.69, 9.17) is 4.74 Å². The number of methoxy groups -OCH3 is 1. The Kier molecular flexibility index (Phi) is 2.18. The third kappa shape index (κ3) is 1.51. The molecule has 0 unspecified atom stereocenters. The second-order valence-corrected chi connectivity index (χ2v) is 3.98. The molecule has 3 rings (SSSR count). The first-order valence-corrected chi connectivity index (χ1v) is 5.48. The molecule has 1 aromatic carbocycles. The van der Waals surface area contributed by atoms with Crippen molar-refractivity contribution < 1.29 is 9.53 Å². The van der Waals surface area contributed by atoms with Crippen molar-refractivity contribution in [3.8, 4) is 0 Å². The Labute approximate surface area is 98.4 Å². The molecule has 1 aliphatic heterocycles. The van der Waals surface area contributed by atoms with Gasteiger partial charge in [-0.15, -0.1) is 0 Å². The van der Waals surface area contributed by atoms with E-state index in [0.717, 1.165) is 28.3 Å². The number of carbonyl (C=O) groups excluding carboxylic acids is 1. The summed E-state index contributed by atoms with van der Waals surface area (Å²) in [6.07, 6.45) is 7.16. The van der Waals surface area contributed by atoms with Crippen molar-refractivity contribution in [1.29, 1.82) is 0 Å². The van der Waals surface area contributed by atoms with E-state index in [1.165, 1.54) is 7.11 Å². The second kappa shape index (κ2) is 3.70. The number of rotatable bonds is 1. The van der Waals surface area contributed by atoms with Gasteiger partial charge in [-0.2, -0.15) is 0 Å². The normalized spacial score (nSPS) is 15.8. The summed E-state index contributed by atoms with van der Waals surface area (Å²) in [5, 5.41) is 1.93. The average Bonchev–Trinajstić information content (AvgIpc) is 2.75. The van der Waals surface area contributed by atoms with Crippen LogP contribution in [0.5, 0.6) is 0 Å². The molecular weight excluding hydrogens is 214 g/mol. The molecule has 1 aromatic rings. The van der Waals surface area contributed by atoms with Gasteiger partial charge in [-0.25, -0.2) is 9.79 Å². The lowest BCUT2D eigenvalue weighted by atomic mass is 10.0. The number of nitrogens with zero attached hydrogens (tertiary/aromatic N) is 1. The molecule has 0 spiro atoms. The van der Waals surface area contributed by atoms with Crippen LogP contribution < -0.4 is 10.6 Å².